The fraction of sp³-hybridized carbons (Fsp3) is 0.889. The van der Waals surface area contributed by atoms with Crippen LogP contribution < -0.4 is 11.5 Å². The average Bonchev–Trinajstić information content (AvgIpc) is 1.97. The minimum absolute atomic E-state index is 0.129. The van der Waals surface area contributed by atoms with Gasteiger partial charge in [-0.25, -0.2) is 0 Å². The second-order valence-corrected chi connectivity index (χ2v) is 9.89. The SMILES string of the molecule is CC(C)(C)[Si](C)(C)OC[C@H](N)C(N)=O. The fourth-order valence-corrected chi connectivity index (χ4v) is 1.63. The van der Waals surface area contributed by atoms with Gasteiger partial charge in [-0.3, -0.25) is 4.79 Å². The van der Waals surface area contributed by atoms with Crippen molar-refractivity contribution in [3.8, 4) is 0 Å². The molecule has 0 aliphatic rings. The zero-order valence-corrected chi connectivity index (χ0v) is 10.8. The zero-order chi connectivity index (χ0) is 11.6. The molecule has 4 N–H and O–H groups in total. The van der Waals surface area contributed by atoms with Crippen LogP contribution in [-0.4, -0.2) is 26.9 Å². The molecule has 0 aromatic carbocycles. The van der Waals surface area contributed by atoms with Gasteiger partial charge in [-0.05, 0) is 18.1 Å². The third-order valence-electron chi connectivity index (χ3n) is 2.80. The first-order chi connectivity index (χ1) is 6.08. The van der Waals surface area contributed by atoms with E-state index in [9.17, 15) is 4.79 Å². The van der Waals surface area contributed by atoms with E-state index >= 15 is 0 Å². The second-order valence-electron chi connectivity index (χ2n) is 5.08. The standard InChI is InChI=1S/C9H22N2O2Si/c1-9(2,3)14(4,5)13-6-7(10)8(11)12/h7H,6,10H2,1-5H3,(H2,11,12)/t7-/m0/s1. The molecule has 0 bridgehead atoms. The number of primary amides is 1. The minimum Gasteiger partial charge on any atom is -0.415 e. The Morgan fingerprint density at radius 2 is 1.86 bits per heavy atom. The van der Waals surface area contributed by atoms with E-state index in [0.29, 0.717) is 0 Å². The molecule has 5 heteroatoms. The Morgan fingerprint density at radius 1 is 1.43 bits per heavy atom. The number of carbonyl (C=O) groups excluding carboxylic acids is 1. The Balaban J connectivity index is 4.20. The van der Waals surface area contributed by atoms with Gasteiger partial charge in [0.2, 0.25) is 5.91 Å². The molecule has 1 atom stereocenters. The van der Waals surface area contributed by atoms with Crippen molar-refractivity contribution in [1.82, 2.24) is 0 Å². The number of carbonyl (C=O) groups is 1. The van der Waals surface area contributed by atoms with Crippen molar-refractivity contribution < 1.29 is 9.22 Å². The lowest BCUT2D eigenvalue weighted by atomic mass is 10.2. The number of hydrogen-bond donors (Lipinski definition) is 2. The lowest BCUT2D eigenvalue weighted by molar-refractivity contribution is -0.119. The first-order valence-electron chi connectivity index (χ1n) is 4.77. The third-order valence-corrected chi connectivity index (χ3v) is 7.30. The monoisotopic (exact) mass is 218 g/mol. The van der Waals surface area contributed by atoms with Crippen molar-refractivity contribution >= 4 is 14.2 Å². The van der Waals surface area contributed by atoms with Crippen molar-refractivity contribution in [2.45, 2.75) is 44.9 Å². The fourth-order valence-electron chi connectivity index (χ4n) is 0.597. The van der Waals surface area contributed by atoms with Crippen LogP contribution in [0.2, 0.25) is 18.1 Å². The second kappa shape index (κ2) is 4.42. The molecular formula is C9H22N2O2Si. The summed E-state index contributed by atoms with van der Waals surface area (Å²) in [5.74, 6) is -0.510. The minimum atomic E-state index is -1.80. The van der Waals surface area contributed by atoms with Gasteiger partial charge >= 0.3 is 0 Å². The molecule has 0 aliphatic heterocycles. The summed E-state index contributed by atoms with van der Waals surface area (Å²) in [6.45, 7) is 10.9. The highest BCUT2D eigenvalue weighted by atomic mass is 28.4. The highest BCUT2D eigenvalue weighted by Crippen LogP contribution is 2.36. The van der Waals surface area contributed by atoms with E-state index in [1.165, 1.54) is 0 Å². The van der Waals surface area contributed by atoms with Crippen molar-refractivity contribution in [3.05, 3.63) is 0 Å². The molecule has 0 fully saturated rings. The molecule has 84 valence electrons. The van der Waals surface area contributed by atoms with Crippen LogP contribution in [0.4, 0.5) is 0 Å². The highest BCUT2D eigenvalue weighted by molar-refractivity contribution is 6.74. The van der Waals surface area contributed by atoms with Gasteiger partial charge in [-0.15, -0.1) is 0 Å². The highest BCUT2D eigenvalue weighted by Gasteiger charge is 2.37. The summed E-state index contributed by atoms with van der Waals surface area (Å²) in [5.41, 5.74) is 10.5. The molecule has 0 radical (unpaired) electrons. The van der Waals surface area contributed by atoms with Crippen molar-refractivity contribution in [3.63, 3.8) is 0 Å². The maximum atomic E-state index is 10.7. The molecule has 0 unspecified atom stereocenters. The molecule has 0 aromatic heterocycles. The van der Waals surface area contributed by atoms with Crippen LogP contribution in [0.15, 0.2) is 0 Å². The number of rotatable bonds is 4. The summed E-state index contributed by atoms with van der Waals surface area (Å²) in [6.07, 6.45) is 0. The Bertz CT molecular complexity index is 211. The molecule has 0 rings (SSSR count). The first kappa shape index (κ1) is 13.6. The summed E-state index contributed by atoms with van der Waals surface area (Å²) in [7, 11) is -1.80. The van der Waals surface area contributed by atoms with Crippen LogP contribution in [0.3, 0.4) is 0 Å². The maximum Gasteiger partial charge on any atom is 0.236 e. The van der Waals surface area contributed by atoms with Crippen molar-refractivity contribution in [1.29, 1.82) is 0 Å². The van der Waals surface area contributed by atoms with E-state index in [1.807, 2.05) is 0 Å². The summed E-state index contributed by atoms with van der Waals surface area (Å²) < 4.78 is 5.73. The molecule has 14 heavy (non-hydrogen) atoms. The summed E-state index contributed by atoms with van der Waals surface area (Å²) >= 11 is 0. The van der Waals surface area contributed by atoms with Gasteiger partial charge in [0.1, 0.15) is 6.04 Å². The quantitative estimate of drug-likeness (QED) is 0.686. The number of hydrogen-bond acceptors (Lipinski definition) is 3. The van der Waals surface area contributed by atoms with E-state index in [2.05, 4.69) is 33.9 Å². The Hall–Kier alpha value is -0.393. The van der Waals surface area contributed by atoms with E-state index in [4.69, 9.17) is 15.9 Å². The van der Waals surface area contributed by atoms with Crippen LogP contribution in [-0.2, 0) is 9.22 Å². The molecule has 0 saturated carbocycles. The van der Waals surface area contributed by atoms with Crippen LogP contribution in [0.25, 0.3) is 0 Å². The largest absolute Gasteiger partial charge is 0.415 e. The zero-order valence-electron chi connectivity index (χ0n) is 9.76. The van der Waals surface area contributed by atoms with Crippen LogP contribution in [0.5, 0.6) is 0 Å². The first-order valence-corrected chi connectivity index (χ1v) is 7.67. The molecule has 0 aliphatic carbocycles. The van der Waals surface area contributed by atoms with E-state index < -0.39 is 20.3 Å². The van der Waals surface area contributed by atoms with Crippen LogP contribution in [0, 0.1) is 0 Å². The predicted molar refractivity (Wildman–Crippen MR) is 60.3 cm³/mol. The molecule has 1 amide bonds. The van der Waals surface area contributed by atoms with Gasteiger partial charge in [-0.2, -0.15) is 0 Å². The molecule has 0 aromatic rings. The molecule has 0 heterocycles. The summed E-state index contributed by atoms with van der Waals surface area (Å²) in [4.78, 5) is 10.7. The van der Waals surface area contributed by atoms with Crippen LogP contribution >= 0.6 is 0 Å². The average molecular weight is 218 g/mol. The Labute approximate surface area is 87.1 Å². The van der Waals surface area contributed by atoms with Gasteiger partial charge in [0.15, 0.2) is 8.32 Å². The lowest BCUT2D eigenvalue weighted by Crippen LogP contribution is -2.47. The van der Waals surface area contributed by atoms with E-state index in [-0.39, 0.29) is 11.6 Å². The number of nitrogens with two attached hydrogens (primary N) is 2. The maximum absolute atomic E-state index is 10.7. The lowest BCUT2D eigenvalue weighted by Gasteiger charge is -2.36. The normalized spacial score (nSPS) is 15.3. The summed E-state index contributed by atoms with van der Waals surface area (Å²) in [5, 5.41) is 0.129. The van der Waals surface area contributed by atoms with Crippen molar-refractivity contribution in [2.75, 3.05) is 6.61 Å². The Morgan fingerprint density at radius 3 is 2.14 bits per heavy atom. The molecular weight excluding hydrogens is 196 g/mol. The molecule has 0 saturated heterocycles. The smallest absolute Gasteiger partial charge is 0.236 e. The predicted octanol–water partition coefficient (Wildman–Crippen LogP) is 0.821. The number of amides is 1. The van der Waals surface area contributed by atoms with Gasteiger partial charge < -0.3 is 15.9 Å². The topological polar surface area (TPSA) is 78.3 Å². The third kappa shape index (κ3) is 3.77. The van der Waals surface area contributed by atoms with E-state index in [0.717, 1.165) is 0 Å². The van der Waals surface area contributed by atoms with E-state index in [1.54, 1.807) is 0 Å². The van der Waals surface area contributed by atoms with Gasteiger partial charge in [0.25, 0.3) is 0 Å². The van der Waals surface area contributed by atoms with Gasteiger partial charge in [0, 0.05) is 0 Å². The van der Waals surface area contributed by atoms with Crippen LogP contribution in [0.1, 0.15) is 20.8 Å². The van der Waals surface area contributed by atoms with Gasteiger partial charge in [-0.1, -0.05) is 20.8 Å². The van der Waals surface area contributed by atoms with Crippen molar-refractivity contribution in [2.24, 2.45) is 11.5 Å². The Kier molecular flexibility index (Phi) is 4.29. The molecule has 4 nitrogen and oxygen atoms in total. The van der Waals surface area contributed by atoms with Gasteiger partial charge in [0.05, 0.1) is 6.61 Å². The molecule has 0 spiro atoms. The summed E-state index contributed by atoms with van der Waals surface area (Å²) in [6, 6.07) is -0.691.